The lowest BCUT2D eigenvalue weighted by molar-refractivity contribution is -0.0718. The number of hydrogen-bond donors (Lipinski definition) is 0. The van der Waals surface area contributed by atoms with E-state index in [4.69, 9.17) is 14.2 Å². The molecule has 2 aliphatic rings. The molecule has 0 atom stereocenters. The molecule has 0 radical (unpaired) electrons. The van der Waals surface area contributed by atoms with Crippen LogP contribution in [0, 0.1) is 5.92 Å². The number of methoxy groups -OCH3 is 1. The Morgan fingerprint density at radius 2 is 1.93 bits per heavy atom. The summed E-state index contributed by atoms with van der Waals surface area (Å²) >= 11 is 1.54. The summed E-state index contributed by atoms with van der Waals surface area (Å²) in [5.74, 6) is 0.360. The van der Waals surface area contributed by atoms with E-state index in [0.29, 0.717) is 19.1 Å². The van der Waals surface area contributed by atoms with Crippen molar-refractivity contribution in [3.05, 3.63) is 46.8 Å². The highest BCUT2D eigenvalue weighted by atomic mass is 32.1. The fraction of sp³-hybridized carbons (Fsp3) is 0.522. The van der Waals surface area contributed by atoms with Gasteiger partial charge in [-0.2, -0.15) is 0 Å². The molecule has 150 valence electrons. The molecule has 1 aliphatic heterocycles. The minimum absolute atomic E-state index is 0.0159. The van der Waals surface area contributed by atoms with E-state index in [-0.39, 0.29) is 11.6 Å². The highest BCUT2D eigenvalue weighted by Crippen LogP contribution is 2.41. The second-order valence-corrected chi connectivity index (χ2v) is 8.92. The first-order valence-corrected chi connectivity index (χ1v) is 11.0. The van der Waals surface area contributed by atoms with Crippen LogP contribution in [0.2, 0.25) is 0 Å². The monoisotopic (exact) mass is 400 g/mol. The predicted octanol–water partition coefficient (Wildman–Crippen LogP) is 5.11. The number of benzene rings is 1. The summed E-state index contributed by atoms with van der Waals surface area (Å²) < 4.78 is 16.8. The van der Waals surface area contributed by atoms with Crippen LogP contribution in [0.3, 0.4) is 0 Å². The molecule has 4 nitrogen and oxygen atoms in total. The van der Waals surface area contributed by atoms with Gasteiger partial charge in [0.1, 0.15) is 4.88 Å². The third-order valence-electron chi connectivity index (χ3n) is 6.10. The normalized spacial score (nSPS) is 25.4. The summed E-state index contributed by atoms with van der Waals surface area (Å²) in [7, 11) is 1.46. The van der Waals surface area contributed by atoms with Gasteiger partial charge >= 0.3 is 5.97 Å². The first kappa shape index (κ1) is 19.6. The Hall–Kier alpha value is -1.69. The number of carbonyl (C=O) groups is 1. The van der Waals surface area contributed by atoms with Gasteiger partial charge in [0, 0.05) is 11.5 Å². The molecule has 28 heavy (non-hydrogen) atoms. The van der Waals surface area contributed by atoms with E-state index in [2.05, 4.69) is 18.2 Å². The van der Waals surface area contributed by atoms with E-state index in [1.807, 2.05) is 18.2 Å². The summed E-state index contributed by atoms with van der Waals surface area (Å²) in [6, 6.07) is 12.4. The van der Waals surface area contributed by atoms with Gasteiger partial charge in [-0.3, -0.25) is 0 Å². The fourth-order valence-electron chi connectivity index (χ4n) is 4.45. The van der Waals surface area contributed by atoms with E-state index in [1.165, 1.54) is 7.11 Å². The SMILES string of the molecule is COC(=O)c1sc(-c2ccccc2)cc1CC1CCC2(CCOCCO2)CC1. The highest BCUT2D eigenvalue weighted by Gasteiger charge is 2.37. The van der Waals surface area contributed by atoms with E-state index in [1.54, 1.807) is 11.3 Å². The van der Waals surface area contributed by atoms with Gasteiger partial charge < -0.3 is 14.2 Å². The summed E-state index contributed by atoms with van der Waals surface area (Å²) in [6.45, 7) is 2.23. The standard InChI is InChI=1S/C23H28O4S/c1-25-22(24)21-19(16-20(28-21)18-5-3-2-4-6-18)15-17-7-9-23(10-8-17)11-12-26-13-14-27-23/h2-6,16-17H,7-15H2,1H3. The average molecular weight is 401 g/mol. The van der Waals surface area contributed by atoms with Crippen molar-refractivity contribution in [3.8, 4) is 10.4 Å². The highest BCUT2D eigenvalue weighted by molar-refractivity contribution is 7.17. The molecule has 5 heteroatoms. The van der Waals surface area contributed by atoms with Crippen molar-refractivity contribution in [2.75, 3.05) is 26.9 Å². The van der Waals surface area contributed by atoms with Crippen molar-refractivity contribution < 1.29 is 19.0 Å². The zero-order valence-corrected chi connectivity index (χ0v) is 17.3. The molecule has 1 aromatic heterocycles. The number of carbonyl (C=O) groups excluding carboxylic acids is 1. The Labute approximate surface area is 170 Å². The zero-order chi connectivity index (χ0) is 19.4. The maximum Gasteiger partial charge on any atom is 0.348 e. The number of rotatable bonds is 4. The third-order valence-corrected chi connectivity index (χ3v) is 7.31. The van der Waals surface area contributed by atoms with E-state index >= 15 is 0 Å². The largest absolute Gasteiger partial charge is 0.465 e. The molecular formula is C23H28O4S. The van der Waals surface area contributed by atoms with Crippen LogP contribution >= 0.6 is 11.3 Å². The quantitative estimate of drug-likeness (QED) is 0.669. The summed E-state index contributed by atoms with van der Waals surface area (Å²) in [4.78, 5) is 14.2. The van der Waals surface area contributed by atoms with Crippen LogP contribution in [-0.2, 0) is 20.6 Å². The maximum atomic E-state index is 12.4. The molecule has 1 aliphatic carbocycles. The second-order valence-electron chi connectivity index (χ2n) is 7.86. The predicted molar refractivity (Wildman–Crippen MR) is 111 cm³/mol. The summed E-state index contributed by atoms with van der Waals surface area (Å²) in [5.41, 5.74) is 2.29. The molecule has 4 rings (SSSR count). The van der Waals surface area contributed by atoms with Gasteiger partial charge in [0.15, 0.2) is 0 Å². The Morgan fingerprint density at radius 3 is 2.68 bits per heavy atom. The van der Waals surface area contributed by atoms with Crippen LogP contribution in [0.25, 0.3) is 10.4 Å². The molecule has 0 bridgehead atoms. The van der Waals surface area contributed by atoms with Crippen LogP contribution in [0.15, 0.2) is 36.4 Å². The Balaban J connectivity index is 1.48. The lowest BCUT2D eigenvalue weighted by Gasteiger charge is -2.39. The van der Waals surface area contributed by atoms with Crippen molar-refractivity contribution in [1.82, 2.24) is 0 Å². The first-order chi connectivity index (χ1) is 13.7. The molecule has 1 spiro atoms. The van der Waals surface area contributed by atoms with Crippen molar-refractivity contribution in [3.63, 3.8) is 0 Å². The number of thiophene rings is 1. The Morgan fingerprint density at radius 1 is 1.14 bits per heavy atom. The van der Waals surface area contributed by atoms with Crippen molar-refractivity contribution in [2.24, 2.45) is 5.92 Å². The van der Waals surface area contributed by atoms with Gasteiger partial charge in [0.05, 0.1) is 25.9 Å². The number of esters is 1. The Bertz CT molecular complexity index is 780. The van der Waals surface area contributed by atoms with Crippen molar-refractivity contribution in [2.45, 2.75) is 44.1 Å². The van der Waals surface area contributed by atoms with Crippen LogP contribution in [0.1, 0.15) is 47.3 Å². The summed E-state index contributed by atoms with van der Waals surface area (Å²) in [6.07, 6.45) is 6.38. The second kappa shape index (κ2) is 8.76. The van der Waals surface area contributed by atoms with Crippen LogP contribution in [0.4, 0.5) is 0 Å². The Kier molecular flexibility index (Phi) is 6.14. The molecule has 1 aromatic carbocycles. The minimum atomic E-state index is -0.223. The van der Waals surface area contributed by atoms with Crippen molar-refractivity contribution in [1.29, 1.82) is 0 Å². The lowest BCUT2D eigenvalue weighted by Crippen LogP contribution is -2.38. The summed E-state index contributed by atoms with van der Waals surface area (Å²) in [5, 5.41) is 0. The van der Waals surface area contributed by atoms with Crippen LogP contribution in [0.5, 0.6) is 0 Å². The van der Waals surface area contributed by atoms with Gasteiger partial charge in [-0.1, -0.05) is 30.3 Å². The van der Waals surface area contributed by atoms with Crippen LogP contribution < -0.4 is 0 Å². The van der Waals surface area contributed by atoms with Gasteiger partial charge in [-0.15, -0.1) is 11.3 Å². The molecule has 2 aromatic rings. The number of hydrogen-bond acceptors (Lipinski definition) is 5. The molecule has 0 unspecified atom stereocenters. The molecule has 0 N–H and O–H groups in total. The maximum absolute atomic E-state index is 12.4. The van der Waals surface area contributed by atoms with E-state index in [9.17, 15) is 4.79 Å². The first-order valence-electron chi connectivity index (χ1n) is 10.2. The van der Waals surface area contributed by atoms with Crippen molar-refractivity contribution >= 4 is 17.3 Å². The zero-order valence-electron chi connectivity index (χ0n) is 16.4. The van der Waals surface area contributed by atoms with Gasteiger partial charge in [-0.25, -0.2) is 4.79 Å². The molecule has 2 fully saturated rings. The van der Waals surface area contributed by atoms with E-state index < -0.39 is 0 Å². The smallest absolute Gasteiger partial charge is 0.348 e. The lowest BCUT2D eigenvalue weighted by atomic mass is 9.75. The molecular weight excluding hydrogens is 372 g/mol. The number of ether oxygens (including phenoxy) is 3. The van der Waals surface area contributed by atoms with Gasteiger partial charge in [-0.05, 0) is 61.6 Å². The fourth-order valence-corrected chi connectivity index (χ4v) is 5.57. The third kappa shape index (κ3) is 4.32. The molecule has 1 saturated carbocycles. The molecule has 2 heterocycles. The minimum Gasteiger partial charge on any atom is -0.465 e. The van der Waals surface area contributed by atoms with E-state index in [0.717, 1.165) is 66.0 Å². The van der Waals surface area contributed by atoms with Gasteiger partial charge in [0.2, 0.25) is 0 Å². The average Bonchev–Trinajstić information content (AvgIpc) is 3.02. The molecule has 1 saturated heterocycles. The molecule has 0 amide bonds. The topological polar surface area (TPSA) is 44.8 Å². The van der Waals surface area contributed by atoms with Gasteiger partial charge in [0.25, 0.3) is 0 Å². The van der Waals surface area contributed by atoms with Crippen LogP contribution in [-0.4, -0.2) is 38.5 Å².